The summed E-state index contributed by atoms with van der Waals surface area (Å²) < 4.78 is 1.96. The maximum absolute atomic E-state index is 11.6. The molecule has 0 aromatic carbocycles. The molecule has 6 nitrogen and oxygen atoms in total. The van der Waals surface area contributed by atoms with Gasteiger partial charge in [-0.3, -0.25) is 4.79 Å². The van der Waals surface area contributed by atoms with Crippen LogP contribution < -0.4 is 5.32 Å². The Balaban J connectivity index is 1.70. The minimum absolute atomic E-state index is 0.204. The van der Waals surface area contributed by atoms with Gasteiger partial charge in [0.1, 0.15) is 0 Å². The number of rotatable bonds is 5. The van der Waals surface area contributed by atoms with Gasteiger partial charge in [-0.05, 0) is 12.5 Å². The Morgan fingerprint density at radius 1 is 1.29 bits per heavy atom. The fraction of sp³-hybridized carbons (Fsp3) is 0.273. The zero-order valence-corrected chi connectivity index (χ0v) is 9.28. The Kier molecular flexibility index (Phi) is 3.80. The van der Waals surface area contributed by atoms with Crippen LogP contribution in [0.25, 0.3) is 0 Å². The molecule has 2 aromatic rings. The minimum Gasteiger partial charge on any atom is -0.349 e. The number of carbonyl (C=O) groups is 1. The second-order valence-electron chi connectivity index (χ2n) is 3.48. The van der Waals surface area contributed by atoms with E-state index >= 15 is 0 Å². The van der Waals surface area contributed by atoms with Gasteiger partial charge in [-0.2, -0.15) is 0 Å². The average molecular weight is 231 g/mol. The van der Waals surface area contributed by atoms with Gasteiger partial charge in [-0.1, -0.05) is 0 Å². The Hall–Kier alpha value is -2.24. The first-order chi connectivity index (χ1) is 8.36. The van der Waals surface area contributed by atoms with Crippen molar-refractivity contribution in [3.63, 3.8) is 0 Å². The summed E-state index contributed by atoms with van der Waals surface area (Å²) >= 11 is 0. The number of imidazole rings is 1. The standard InChI is InChI=1S/C11H13N5O/c17-11(10-13-3-1-4-14-10)15-5-2-7-16-8-6-12-9-16/h1,3-4,6,8-9H,2,5,7H2,(H,15,17). The van der Waals surface area contributed by atoms with Crippen LogP contribution in [-0.2, 0) is 6.54 Å². The Bertz CT molecular complexity index is 454. The average Bonchev–Trinajstić information content (AvgIpc) is 2.88. The molecule has 2 rings (SSSR count). The summed E-state index contributed by atoms with van der Waals surface area (Å²) in [7, 11) is 0. The van der Waals surface area contributed by atoms with E-state index in [1.54, 1.807) is 31.0 Å². The van der Waals surface area contributed by atoms with Crippen LogP contribution in [-0.4, -0.2) is 32.0 Å². The van der Waals surface area contributed by atoms with Crippen LogP contribution in [0.2, 0.25) is 0 Å². The van der Waals surface area contributed by atoms with Crippen molar-refractivity contribution in [2.45, 2.75) is 13.0 Å². The van der Waals surface area contributed by atoms with E-state index in [-0.39, 0.29) is 11.7 Å². The van der Waals surface area contributed by atoms with Gasteiger partial charge in [-0.25, -0.2) is 15.0 Å². The third kappa shape index (κ3) is 3.37. The zero-order valence-electron chi connectivity index (χ0n) is 9.28. The number of hydrogen-bond donors (Lipinski definition) is 1. The Labute approximate surface area is 98.7 Å². The maximum atomic E-state index is 11.6. The highest BCUT2D eigenvalue weighted by Gasteiger charge is 2.05. The second-order valence-corrected chi connectivity index (χ2v) is 3.48. The first kappa shape index (κ1) is 11.3. The molecule has 6 heteroatoms. The molecule has 0 fully saturated rings. The predicted octanol–water partition coefficient (Wildman–Crippen LogP) is 0.493. The van der Waals surface area contributed by atoms with E-state index < -0.39 is 0 Å². The lowest BCUT2D eigenvalue weighted by Crippen LogP contribution is -2.26. The molecule has 0 atom stereocenters. The maximum Gasteiger partial charge on any atom is 0.289 e. The Morgan fingerprint density at radius 3 is 2.82 bits per heavy atom. The lowest BCUT2D eigenvalue weighted by molar-refractivity contribution is 0.0942. The number of nitrogens with one attached hydrogen (secondary N) is 1. The van der Waals surface area contributed by atoms with Crippen molar-refractivity contribution in [1.29, 1.82) is 0 Å². The second kappa shape index (κ2) is 5.74. The van der Waals surface area contributed by atoms with E-state index in [1.165, 1.54) is 0 Å². The zero-order chi connectivity index (χ0) is 11.9. The van der Waals surface area contributed by atoms with Crippen LogP contribution in [0.4, 0.5) is 0 Å². The van der Waals surface area contributed by atoms with E-state index in [4.69, 9.17) is 0 Å². The molecule has 0 saturated heterocycles. The van der Waals surface area contributed by atoms with Crippen molar-refractivity contribution < 1.29 is 4.79 Å². The lowest BCUT2D eigenvalue weighted by atomic mass is 10.4. The van der Waals surface area contributed by atoms with Crippen LogP contribution in [0.3, 0.4) is 0 Å². The summed E-state index contributed by atoms with van der Waals surface area (Å²) in [6.07, 6.45) is 9.32. The van der Waals surface area contributed by atoms with Gasteiger partial charge in [-0.15, -0.1) is 0 Å². The van der Waals surface area contributed by atoms with E-state index in [9.17, 15) is 4.79 Å². The van der Waals surface area contributed by atoms with Gasteiger partial charge in [0.25, 0.3) is 5.91 Å². The van der Waals surface area contributed by atoms with Crippen molar-refractivity contribution in [2.24, 2.45) is 0 Å². The molecule has 0 aliphatic heterocycles. The van der Waals surface area contributed by atoms with Gasteiger partial charge in [0.15, 0.2) is 0 Å². The summed E-state index contributed by atoms with van der Waals surface area (Å²) in [4.78, 5) is 23.2. The van der Waals surface area contributed by atoms with Crippen LogP contribution in [0.15, 0.2) is 37.2 Å². The molecule has 2 heterocycles. The molecule has 0 spiro atoms. The van der Waals surface area contributed by atoms with E-state index in [0.29, 0.717) is 6.54 Å². The number of aromatic nitrogens is 4. The molecular formula is C11H13N5O. The molecule has 0 aliphatic rings. The SMILES string of the molecule is O=C(NCCCn1ccnc1)c1ncccn1. The smallest absolute Gasteiger partial charge is 0.289 e. The van der Waals surface area contributed by atoms with Crippen molar-refractivity contribution in [1.82, 2.24) is 24.8 Å². The first-order valence-electron chi connectivity index (χ1n) is 5.37. The van der Waals surface area contributed by atoms with Crippen LogP contribution >= 0.6 is 0 Å². The van der Waals surface area contributed by atoms with Crippen molar-refractivity contribution in [2.75, 3.05) is 6.54 Å². The molecular weight excluding hydrogens is 218 g/mol. The molecule has 0 radical (unpaired) electrons. The van der Waals surface area contributed by atoms with Crippen LogP contribution in [0.1, 0.15) is 17.0 Å². The molecule has 2 aromatic heterocycles. The predicted molar refractivity (Wildman–Crippen MR) is 61.2 cm³/mol. The minimum atomic E-state index is -0.240. The van der Waals surface area contributed by atoms with Crippen molar-refractivity contribution >= 4 is 5.91 Å². The number of carbonyl (C=O) groups excluding carboxylic acids is 1. The topological polar surface area (TPSA) is 72.7 Å². The highest BCUT2D eigenvalue weighted by molar-refractivity contribution is 5.90. The summed E-state index contributed by atoms with van der Waals surface area (Å²) in [6.45, 7) is 1.42. The highest BCUT2D eigenvalue weighted by atomic mass is 16.2. The fourth-order valence-corrected chi connectivity index (χ4v) is 1.38. The van der Waals surface area contributed by atoms with Gasteiger partial charge < -0.3 is 9.88 Å². The lowest BCUT2D eigenvalue weighted by Gasteiger charge is -2.04. The van der Waals surface area contributed by atoms with Gasteiger partial charge in [0, 0.05) is 37.9 Å². The molecule has 1 amide bonds. The molecule has 0 aliphatic carbocycles. The molecule has 88 valence electrons. The monoisotopic (exact) mass is 231 g/mol. The summed E-state index contributed by atoms with van der Waals surface area (Å²) in [5, 5.41) is 2.76. The van der Waals surface area contributed by atoms with E-state index in [0.717, 1.165) is 13.0 Å². The van der Waals surface area contributed by atoms with Crippen molar-refractivity contribution in [3.8, 4) is 0 Å². The quantitative estimate of drug-likeness (QED) is 0.760. The third-order valence-electron chi connectivity index (χ3n) is 2.21. The Morgan fingerprint density at radius 2 is 2.12 bits per heavy atom. The molecule has 17 heavy (non-hydrogen) atoms. The molecule has 1 N–H and O–H groups in total. The highest BCUT2D eigenvalue weighted by Crippen LogP contribution is 1.91. The first-order valence-corrected chi connectivity index (χ1v) is 5.37. The molecule has 0 unspecified atom stereocenters. The fourth-order valence-electron chi connectivity index (χ4n) is 1.38. The van der Waals surface area contributed by atoms with Crippen molar-refractivity contribution in [3.05, 3.63) is 43.0 Å². The largest absolute Gasteiger partial charge is 0.349 e. The van der Waals surface area contributed by atoms with E-state index in [2.05, 4.69) is 20.3 Å². The van der Waals surface area contributed by atoms with Crippen LogP contribution in [0.5, 0.6) is 0 Å². The molecule has 0 bridgehead atoms. The van der Waals surface area contributed by atoms with E-state index in [1.807, 2.05) is 10.8 Å². The molecule has 0 saturated carbocycles. The number of nitrogens with zero attached hydrogens (tertiary/aromatic N) is 4. The normalized spacial score (nSPS) is 10.1. The van der Waals surface area contributed by atoms with Gasteiger partial charge in [0.05, 0.1) is 6.33 Å². The number of amides is 1. The third-order valence-corrected chi connectivity index (χ3v) is 2.21. The van der Waals surface area contributed by atoms with Gasteiger partial charge >= 0.3 is 0 Å². The summed E-state index contributed by atoms with van der Waals surface area (Å²) in [6, 6.07) is 1.68. The number of hydrogen-bond acceptors (Lipinski definition) is 4. The summed E-state index contributed by atoms with van der Waals surface area (Å²) in [5.74, 6) is -0.0358. The van der Waals surface area contributed by atoms with Crippen LogP contribution in [0, 0.1) is 0 Å². The summed E-state index contributed by atoms with van der Waals surface area (Å²) in [5.41, 5.74) is 0. The van der Waals surface area contributed by atoms with Gasteiger partial charge in [0.2, 0.25) is 5.82 Å². The number of aryl methyl sites for hydroxylation is 1.